The van der Waals surface area contributed by atoms with E-state index in [2.05, 4.69) is 25.8 Å². The van der Waals surface area contributed by atoms with Gasteiger partial charge in [0.1, 0.15) is 16.2 Å². The number of piperidine rings is 1. The molecule has 0 spiro atoms. The smallest absolute Gasteiger partial charge is 0.135 e. The van der Waals surface area contributed by atoms with Gasteiger partial charge >= 0.3 is 0 Å². The molecule has 114 valence electrons. The summed E-state index contributed by atoms with van der Waals surface area (Å²) in [5.41, 5.74) is -0.418. The highest BCUT2D eigenvalue weighted by Gasteiger charge is 2.43. The lowest BCUT2D eigenvalue weighted by Gasteiger charge is -2.47. The molecule has 1 aromatic heterocycles. The molecule has 2 saturated carbocycles. The quantitative estimate of drug-likeness (QED) is 0.831. The molecule has 2 heterocycles. The predicted molar refractivity (Wildman–Crippen MR) is 85.4 cm³/mol. The van der Waals surface area contributed by atoms with Gasteiger partial charge in [0.2, 0.25) is 0 Å². The Balaban J connectivity index is 1.57. The summed E-state index contributed by atoms with van der Waals surface area (Å²) in [5.74, 6) is 2.99. The Morgan fingerprint density at radius 2 is 2.05 bits per heavy atom. The molecule has 4 nitrogen and oxygen atoms in total. The maximum Gasteiger partial charge on any atom is 0.135 e. The third kappa shape index (κ3) is 2.70. The lowest BCUT2D eigenvalue weighted by atomic mass is 9.71. The first-order chi connectivity index (χ1) is 10.1. The van der Waals surface area contributed by atoms with Gasteiger partial charge in [-0.3, -0.25) is 0 Å². The van der Waals surface area contributed by atoms with E-state index in [0.29, 0.717) is 11.8 Å². The average molecular weight is 352 g/mol. The lowest BCUT2D eigenvalue weighted by molar-refractivity contribution is -0.0613. The zero-order valence-electron chi connectivity index (χ0n) is 12.3. The monoisotopic (exact) mass is 351 g/mol. The molecule has 0 amide bonds. The molecule has 1 N–H and O–H groups in total. The molecule has 2 aliphatic carbocycles. The molecule has 1 aliphatic heterocycles. The zero-order valence-corrected chi connectivity index (χ0v) is 13.8. The van der Waals surface area contributed by atoms with E-state index < -0.39 is 5.60 Å². The van der Waals surface area contributed by atoms with Crippen molar-refractivity contribution in [2.75, 3.05) is 18.0 Å². The van der Waals surface area contributed by atoms with Gasteiger partial charge in [0.25, 0.3) is 0 Å². The SMILES string of the molecule is OC12CCCCC1CN(c1cc(Br)nc(C3CC3)n1)CC2. The highest BCUT2D eigenvalue weighted by atomic mass is 79.9. The predicted octanol–water partition coefficient (Wildman–Crippen LogP) is 3.25. The van der Waals surface area contributed by atoms with Crippen LogP contribution in [0.15, 0.2) is 10.7 Å². The van der Waals surface area contributed by atoms with Gasteiger partial charge in [-0.25, -0.2) is 9.97 Å². The molecule has 4 rings (SSSR count). The van der Waals surface area contributed by atoms with Crippen LogP contribution >= 0.6 is 15.9 Å². The van der Waals surface area contributed by atoms with E-state index in [1.807, 2.05) is 6.07 Å². The molecule has 2 unspecified atom stereocenters. The number of aromatic nitrogens is 2. The molecule has 0 aromatic carbocycles. The summed E-state index contributed by atoms with van der Waals surface area (Å²) < 4.78 is 0.888. The summed E-state index contributed by atoms with van der Waals surface area (Å²) >= 11 is 3.53. The van der Waals surface area contributed by atoms with Crippen LogP contribution in [0.5, 0.6) is 0 Å². The minimum absolute atomic E-state index is 0.401. The Kier molecular flexibility index (Phi) is 3.45. The van der Waals surface area contributed by atoms with Crippen molar-refractivity contribution in [1.29, 1.82) is 0 Å². The van der Waals surface area contributed by atoms with Gasteiger partial charge in [0, 0.05) is 31.0 Å². The van der Waals surface area contributed by atoms with Crippen LogP contribution in [0.4, 0.5) is 5.82 Å². The Bertz CT molecular complexity index is 548. The van der Waals surface area contributed by atoms with Crippen LogP contribution in [0.3, 0.4) is 0 Å². The Morgan fingerprint density at radius 3 is 2.86 bits per heavy atom. The average Bonchev–Trinajstić information content (AvgIpc) is 3.30. The number of hydrogen-bond acceptors (Lipinski definition) is 4. The first kappa shape index (κ1) is 13.9. The van der Waals surface area contributed by atoms with Crippen molar-refractivity contribution in [2.45, 2.75) is 56.5 Å². The molecule has 2 atom stereocenters. The number of anilines is 1. The molecule has 1 saturated heterocycles. The normalized spacial score (nSPS) is 32.9. The van der Waals surface area contributed by atoms with Crippen LogP contribution in [0.1, 0.15) is 56.7 Å². The number of aliphatic hydroxyl groups is 1. The minimum Gasteiger partial charge on any atom is -0.389 e. The first-order valence-electron chi connectivity index (χ1n) is 8.16. The fourth-order valence-corrected chi connectivity index (χ4v) is 4.27. The van der Waals surface area contributed by atoms with E-state index in [1.165, 1.54) is 25.7 Å². The molecule has 3 aliphatic rings. The lowest BCUT2D eigenvalue weighted by Crippen LogP contribution is -2.53. The van der Waals surface area contributed by atoms with Gasteiger partial charge in [0.15, 0.2) is 0 Å². The van der Waals surface area contributed by atoms with Crippen LogP contribution in [-0.2, 0) is 0 Å². The fourth-order valence-electron chi connectivity index (χ4n) is 3.89. The van der Waals surface area contributed by atoms with Crippen molar-refractivity contribution in [2.24, 2.45) is 5.92 Å². The highest BCUT2D eigenvalue weighted by molar-refractivity contribution is 9.10. The number of hydrogen-bond donors (Lipinski definition) is 1. The maximum absolute atomic E-state index is 10.8. The molecular weight excluding hydrogens is 330 g/mol. The molecule has 21 heavy (non-hydrogen) atoms. The fraction of sp³-hybridized carbons (Fsp3) is 0.750. The number of fused-ring (bicyclic) bond motifs is 1. The van der Waals surface area contributed by atoms with E-state index in [-0.39, 0.29) is 0 Å². The number of nitrogens with zero attached hydrogens (tertiary/aromatic N) is 3. The summed E-state index contributed by atoms with van der Waals surface area (Å²) in [5, 5.41) is 10.8. The maximum atomic E-state index is 10.8. The number of halogens is 1. The van der Waals surface area contributed by atoms with Crippen LogP contribution in [-0.4, -0.2) is 33.8 Å². The van der Waals surface area contributed by atoms with Crippen LogP contribution in [0.25, 0.3) is 0 Å². The second kappa shape index (κ2) is 5.20. The summed E-state index contributed by atoms with van der Waals surface area (Å²) in [7, 11) is 0. The second-order valence-electron chi connectivity index (χ2n) is 6.92. The van der Waals surface area contributed by atoms with E-state index >= 15 is 0 Å². The van der Waals surface area contributed by atoms with Gasteiger partial charge in [-0.2, -0.15) is 0 Å². The third-order valence-electron chi connectivity index (χ3n) is 5.39. The van der Waals surface area contributed by atoms with Gasteiger partial charge in [-0.15, -0.1) is 0 Å². The van der Waals surface area contributed by atoms with E-state index in [9.17, 15) is 5.11 Å². The molecule has 1 aromatic rings. The first-order valence-corrected chi connectivity index (χ1v) is 8.95. The molecule has 0 bridgehead atoms. The standard InChI is InChI=1S/C16H22BrN3O/c17-13-9-14(19-15(18-13)11-4-5-11)20-8-7-16(21)6-2-1-3-12(16)10-20/h9,11-12,21H,1-8,10H2. The van der Waals surface area contributed by atoms with E-state index in [0.717, 1.165) is 48.6 Å². The third-order valence-corrected chi connectivity index (χ3v) is 5.80. The summed E-state index contributed by atoms with van der Waals surface area (Å²) in [6.45, 7) is 1.84. The Labute approximate surface area is 134 Å². The van der Waals surface area contributed by atoms with Gasteiger partial charge in [-0.1, -0.05) is 12.8 Å². The van der Waals surface area contributed by atoms with Crippen molar-refractivity contribution < 1.29 is 5.11 Å². The van der Waals surface area contributed by atoms with E-state index in [4.69, 9.17) is 4.98 Å². The molecule has 0 radical (unpaired) electrons. The highest BCUT2D eigenvalue weighted by Crippen LogP contribution is 2.42. The minimum atomic E-state index is -0.418. The van der Waals surface area contributed by atoms with Crippen molar-refractivity contribution in [3.05, 3.63) is 16.5 Å². The van der Waals surface area contributed by atoms with Gasteiger partial charge in [0.05, 0.1) is 5.60 Å². The van der Waals surface area contributed by atoms with E-state index in [1.54, 1.807) is 0 Å². The summed E-state index contributed by atoms with van der Waals surface area (Å²) in [4.78, 5) is 11.6. The summed E-state index contributed by atoms with van der Waals surface area (Å²) in [6, 6.07) is 2.03. The largest absolute Gasteiger partial charge is 0.389 e. The summed E-state index contributed by atoms with van der Waals surface area (Å²) in [6.07, 6.45) is 7.87. The number of rotatable bonds is 2. The van der Waals surface area contributed by atoms with Gasteiger partial charge < -0.3 is 10.0 Å². The Hall–Kier alpha value is -0.680. The Morgan fingerprint density at radius 1 is 1.19 bits per heavy atom. The zero-order chi connectivity index (χ0) is 14.4. The van der Waals surface area contributed by atoms with Crippen LogP contribution < -0.4 is 4.90 Å². The molecule has 3 fully saturated rings. The van der Waals surface area contributed by atoms with Crippen molar-refractivity contribution in [3.8, 4) is 0 Å². The van der Waals surface area contributed by atoms with Crippen LogP contribution in [0.2, 0.25) is 0 Å². The van der Waals surface area contributed by atoms with Crippen LogP contribution in [0, 0.1) is 5.92 Å². The molecule has 5 heteroatoms. The van der Waals surface area contributed by atoms with Crippen molar-refractivity contribution >= 4 is 21.7 Å². The van der Waals surface area contributed by atoms with Crippen molar-refractivity contribution in [1.82, 2.24) is 9.97 Å². The second-order valence-corrected chi connectivity index (χ2v) is 7.74. The topological polar surface area (TPSA) is 49.2 Å². The van der Waals surface area contributed by atoms with Gasteiger partial charge in [-0.05, 0) is 48.0 Å². The van der Waals surface area contributed by atoms with Crippen molar-refractivity contribution in [3.63, 3.8) is 0 Å². The molecular formula is C16H22BrN3O.